The summed E-state index contributed by atoms with van der Waals surface area (Å²) < 4.78 is 10.4. The van der Waals surface area contributed by atoms with Gasteiger partial charge in [0, 0.05) is 43.6 Å². The first-order chi connectivity index (χ1) is 16.1. The molecule has 0 radical (unpaired) electrons. The van der Waals surface area contributed by atoms with Crippen LogP contribution < -0.4 is 25.6 Å². The van der Waals surface area contributed by atoms with Crippen molar-refractivity contribution in [1.82, 2.24) is 10.6 Å². The number of hydrogen-bond donors (Lipinski definition) is 3. The molecule has 0 saturated carbocycles. The zero-order valence-electron chi connectivity index (χ0n) is 18.5. The first-order valence-electron chi connectivity index (χ1n) is 10.9. The maximum absolute atomic E-state index is 12.3. The number of urea groups is 1. The summed E-state index contributed by atoms with van der Waals surface area (Å²) in [5, 5.41) is 8.63. The van der Waals surface area contributed by atoms with E-state index in [0.717, 1.165) is 36.5 Å². The molecule has 1 atom stereocenters. The molecular formula is C25H28N4O4. The highest BCUT2D eigenvalue weighted by Gasteiger charge is 2.23. The topological polar surface area (TPSA) is 95.8 Å². The number of rotatable bonds is 8. The minimum atomic E-state index is -0.317. The molecule has 1 aliphatic heterocycles. The van der Waals surface area contributed by atoms with Crippen molar-refractivity contribution < 1.29 is 18.7 Å². The molecule has 172 valence electrons. The minimum absolute atomic E-state index is 0.208. The number of ether oxygens (including phenoxy) is 1. The van der Waals surface area contributed by atoms with Gasteiger partial charge in [0.15, 0.2) is 5.76 Å². The molecular weight excluding hydrogens is 420 g/mol. The smallest absolute Gasteiger partial charge is 0.315 e. The number of methoxy groups -OCH3 is 1. The summed E-state index contributed by atoms with van der Waals surface area (Å²) in [5.74, 6) is 1.16. The fraction of sp³-hybridized carbons (Fsp3) is 0.280. The van der Waals surface area contributed by atoms with E-state index in [1.807, 2.05) is 36.4 Å². The van der Waals surface area contributed by atoms with Crippen molar-refractivity contribution in [3.05, 3.63) is 78.3 Å². The quantitative estimate of drug-likeness (QED) is 0.486. The van der Waals surface area contributed by atoms with Gasteiger partial charge in [-0.2, -0.15) is 0 Å². The first-order valence-corrected chi connectivity index (χ1v) is 10.9. The third-order valence-corrected chi connectivity index (χ3v) is 5.64. The van der Waals surface area contributed by atoms with Gasteiger partial charge < -0.3 is 30.0 Å². The van der Waals surface area contributed by atoms with Crippen LogP contribution in [0, 0.1) is 5.92 Å². The molecule has 33 heavy (non-hydrogen) atoms. The Hall–Kier alpha value is -3.94. The summed E-state index contributed by atoms with van der Waals surface area (Å²) in [5.41, 5.74) is 2.66. The average molecular weight is 449 g/mol. The number of hydrogen-bond acceptors (Lipinski definition) is 5. The molecule has 3 aromatic rings. The van der Waals surface area contributed by atoms with Crippen molar-refractivity contribution in [3.63, 3.8) is 0 Å². The van der Waals surface area contributed by atoms with Gasteiger partial charge in [0.05, 0.1) is 13.4 Å². The number of carbonyl (C=O) groups excluding carboxylic acids is 2. The van der Waals surface area contributed by atoms with E-state index < -0.39 is 0 Å². The summed E-state index contributed by atoms with van der Waals surface area (Å²) >= 11 is 0. The maximum Gasteiger partial charge on any atom is 0.315 e. The number of furan rings is 1. The van der Waals surface area contributed by atoms with E-state index in [-0.39, 0.29) is 17.7 Å². The molecule has 1 aromatic heterocycles. The molecule has 2 aromatic carbocycles. The van der Waals surface area contributed by atoms with E-state index in [2.05, 4.69) is 26.9 Å². The first kappa shape index (κ1) is 22.3. The predicted octanol–water partition coefficient (Wildman–Crippen LogP) is 3.87. The van der Waals surface area contributed by atoms with Crippen LogP contribution in [0.2, 0.25) is 0 Å². The molecule has 2 heterocycles. The van der Waals surface area contributed by atoms with Gasteiger partial charge in [0.2, 0.25) is 0 Å². The monoisotopic (exact) mass is 448 g/mol. The number of nitrogens with one attached hydrogen (secondary N) is 3. The molecule has 8 heteroatoms. The molecule has 1 aliphatic rings. The van der Waals surface area contributed by atoms with E-state index in [0.29, 0.717) is 24.7 Å². The zero-order chi connectivity index (χ0) is 23.0. The van der Waals surface area contributed by atoms with E-state index in [9.17, 15) is 9.59 Å². The lowest BCUT2D eigenvalue weighted by atomic mass is 10.1. The maximum atomic E-state index is 12.3. The van der Waals surface area contributed by atoms with E-state index >= 15 is 0 Å². The Balaban J connectivity index is 1.20. The van der Waals surface area contributed by atoms with Gasteiger partial charge in [-0.05, 0) is 54.3 Å². The lowest BCUT2D eigenvalue weighted by molar-refractivity contribution is 0.0996. The molecule has 3 N–H and O–H groups in total. The lowest BCUT2D eigenvalue weighted by Gasteiger charge is -2.19. The second-order valence-corrected chi connectivity index (χ2v) is 8.00. The van der Waals surface area contributed by atoms with Crippen LogP contribution in [0.1, 0.15) is 22.5 Å². The zero-order valence-corrected chi connectivity index (χ0v) is 18.5. The summed E-state index contributed by atoms with van der Waals surface area (Å²) in [6, 6.07) is 18.4. The van der Waals surface area contributed by atoms with Crippen LogP contribution in [0.15, 0.2) is 71.3 Å². The summed E-state index contributed by atoms with van der Waals surface area (Å²) in [6.07, 6.45) is 2.48. The summed E-state index contributed by atoms with van der Waals surface area (Å²) in [4.78, 5) is 26.7. The van der Waals surface area contributed by atoms with Gasteiger partial charge in [-0.1, -0.05) is 18.2 Å². The van der Waals surface area contributed by atoms with Gasteiger partial charge in [-0.25, -0.2) is 4.79 Å². The van der Waals surface area contributed by atoms with E-state index in [4.69, 9.17) is 9.15 Å². The molecule has 1 unspecified atom stereocenters. The number of benzene rings is 2. The van der Waals surface area contributed by atoms with Gasteiger partial charge in [-0.15, -0.1) is 0 Å². The van der Waals surface area contributed by atoms with Gasteiger partial charge in [0.25, 0.3) is 5.91 Å². The normalized spacial score (nSPS) is 15.2. The van der Waals surface area contributed by atoms with Crippen LogP contribution in [-0.2, 0) is 6.54 Å². The van der Waals surface area contributed by atoms with Crippen LogP contribution in [0.25, 0.3) is 0 Å². The summed E-state index contributed by atoms with van der Waals surface area (Å²) in [6.45, 7) is 2.82. The lowest BCUT2D eigenvalue weighted by Crippen LogP contribution is -2.38. The SMILES string of the molecule is COc1cccc(N2CCC(CNC(=O)NCc3cccc(NC(=O)c4ccco4)c3)C2)c1. The second kappa shape index (κ2) is 10.6. The predicted molar refractivity (Wildman–Crippen MR) is 127 cm³/mol. The molecule has 1 saturated heterocycles. The Kier molecular flexibility index (Phi) is 7.14. The third-order valence-electron chi connectivity index (χ3n) is 5.64. The highest BCUT2D eigenvalue weighted by Crippen LogP contribution is 2.26. The Morgan fingerprint density at radius 1 is 1.09 bits per heavy atom. The van der Waals surface area contributed by atoms with Crippen molar-refractivity contribution in [2.45, 2.75) is 13.0 Å². The van der Waals surface area contributed by atoms with Crippen molar-refractivity contribution in [2.24, 2.45) is 5.92 Å². The fourth-order valence-corrected chi connectivity index (χ4v) is 3.88. The Bertz CT molecular complexity index is 1080. The molecule has 8 nitrogen and oxygen atoms in total. The van der Waals surface area contributed by atoms with Crippen molar-refractivity contribution in [3.8, 4) is 5.75 Å². The van der Waals surface area contributed by atoms with Crippen LogP contribution >= 0.6 is 0 Å². The largest absolute Gasteiger partial charge is 0.497 e. The van der Waals surface area contributed by atoms with Gasteiger partial charge in [-0.3, -0.25) is 4.79 Å². The third kappa shape index (κ3) is 6.06. The highest BCUT2D eigenvalue weighted by atomic mass is 16.5. The van der Waals surface area contributed by atoms with Crippen LogP contribution in [-0.4, -0.2) is 38.7 Å². The number of amides is 3. The number of carbonyl (C=O) groups is 2. The average Bonchev–Trinajstić information content (AvgIpc) is 3.54. The van der Waals surface area contributed by atoms with Gasteiger partial charge >= 0.3 is 6.03 Å². The molecule has 0 spiro atoms. The highest BCUT2D eigenvalue weighted by molar-refractivity contribution is 6.02. The number of nitrogens with zero attached hydrogens (tertiary/aromatic N) is 1. The molecule has 0 aliphatic carbocycles. The molecule has 4 rings (SSSR count). The minimum Gasteiger partial charge on any atom is -0.497 e. The molecule has 3 amide bonds. The van der Waals surface area contributed by atoms with Crippen molar-refractivity contribution in [2.75, 3.05) is 37.0 Å². The molecule has 1 fully saturated rings. The number of anilines is 2. The Morgan fingerprint density at radius 2 is 1.97 bits per heavy atom. The standard InChI is InChI=1S/C25H28N4O4/c1-32-22-8-3-7-21(14-22)29-11-10-19(17-29)16-27-25(31)26-15-18-5-2-6-20(13-18)28-24(30)23-9-4-12-33-23/h2-9,12-14,19H,10-11,15-17H2,1H3,(H,28,30)(H2,26,27,31). The van der Waals surface area contributed by atoms with Crippen molar-refractivity contribution in [1.29, 1.82) is 0 Å². The Morgan fingerprint density at radius 3 is 2.79 bits per heavy atom. The van der Waals surface area contributed by atoms with Crippen LogP contribution in [0.4, 0.5) is 16.2 Å². The fourth-order valence-electron chi connectivity index (χ4n) is 3.88. The van der Waals surface area contributed by atoms with Crippen LogP contribution in [0.5, 0.6) is 5.75 Å². The summed E-state index contributed by atoms with van der Waals surface area (Å²) in [7, 11) is 1.67. The van der Waals surface area contributed by atoms with Crippen LogP contribution in [0.3, 0.4) is 0 Å². The van der Waals surface area contributed by atoms with E-state index in [1.165, 1.54) is 6.26 Å². The van der Waals surface area contributed by atoms with Gasteiger partial charge in [0.1, 0.15) is 5.75 Å². The molecule has 0 bridgehead atoms. The van der Waals surface area contributed by atoms with Crippen molar-refractivity contribution >= 4 is 23.3 Å². The second-order valence-electron chi connectivity index (χ2n) is 8.00. The Labute approximate surface area is 192 Å². The van der Waals surface area contributed by atoms with E-state index in [1.54, 1.807) is 25.3 Å².